The van der Waals surface area contributed by atoms with Crippen LogP contribution in [0.1, 0.15) is 61.1 Å². The fraction of sp³-hybridized carbons (Fsp3) is 0.692. The Morgan fingerprint density at radius 2 is 2.12 bits per heavy atom. The lowest BCUT2D eigenvalue weighted by Crippen LogP contribution is -2.13. The molecule has 1 aromatic rings. The van der Waals surface area contributed by atoms with Crippen molar-refractivity contribution in [2.45, 2.75) is 44.9 Å². The molecule has 0 radical (unpaired) electrons. The van der Waals surface area contributed by atoms with E-state index in [0.717, 1.165) is 24.5 Å². The number of hydrogen-bond acceptors (Lipinski definition) is 2. The molecule has 4 nitrogen and oxygen atoms in total. The predicted molar refractivity (Wildman–Crippen MR) is 65.2 cm³/mol. The Labute approximate surface area is 102 Å². The van der Waals surface area contributed by atoms with Crippen molar-refractivity contribution in [2.75, 3.05) is 0 Å². The van der Waals surface area contributed by atoms with Gasteiger partial charge in [0, 0.05) is 13.0 Å². The van der Waals surface area contributed by atoms with Crippen LogP contribution in [0.3, 0.4) is 0 Å². The van der Waals surface area contributed by atoms with Crippen LogP contribution in [0, 0.1) is 5.92 Å². The molecule has 1 fully saturated rings. The van der Waals surface area contributed by atoms with Gasteiger partial charge in [-0.05, 0) is 37.7 Å². The van der Waals surface area contributed by atoms with Crippen LogP contribution in [0.4, 0.5) is 0 Å². The summed E-state index contributed by atoms with van der Waals surface area (Å²) < 4.78 is 1.48. The van der Waals surface area contributed by atoms with Gasteiger partial charge in [-0.25, -0.2) is 4.79 Å². The minimum absolute atomic E-state index is 0.289. The largest absolute Gasteiger partial charge is 0.477 e. The van der Waals surface area contributed by atoms with Crippen molar-refractivity contribution in [2.24, 2.45) is 13.0 Å². The van der Waals surface area contributed by atoms with Gasteiger partial charge in [-0.1, -0.05) is 13.3 Å². The molecule has 0 atom stereocenters. The molecule has 0 spiro atoms. The van der Waals surface area contributed by atoms with Crippen LogP contribution in [0.2, 0.25) is 0 Å². The minimum atomic E-state index is -0.895. The molecule has 0 aromatic carbocycles. The molecule has 1 saturated carbocycles. The third-order valence-corrected chi connectivity index (χ3v) is 3.96. The second-order valence-corrected chi connectivity index (χ2v) is 5.01. The first-order chi connectivity index (χ1) is 8.11. The summed E-state index contributed by atoms with van der Waals surface area (Å²) in [4.78, 5) is 11.0. The number of aromatic carboxylic acids is 1. The number of carboxylic acid groups (broad SMARTS) is 1. The van der Waals surface area contributed by atoms with Crippen LogP contribution in [0.5, 0.6) is 0 Å². The van der Waals surface area contributed by atoms with Gasteiger partial charge in [0.2, 0.25) is 0 Å². The quantitative estimate of drug-likeness (QED) is 0.878. The predicted octanol–water partition coefficient (Wildman–Crippen LogP) is 2.80. The maximum atomic E-state index is 11.0. The molecule has 4 heteroatoms. The van der Waals surface area contributed by atoms with E-state index >= 15 is 0 Å². The molecule has 0 amide bonds. The highest BCUT2D eigenvalue weighted by Gasteiger charge is 2.24. The summed E-state index contributed by atoms with van der Waals surface area (Å²) in [7, 11) is 1.70. The molecule has 0 unspecified atom stereocenters. The lowest BCUT2D eigenvalue weighted by atomic mass is 9.79. The summed E-state index contributed by atoms with van der Waals surface area (Å²) in [5.74, 6) is 0.416. The summed E-state index contributed by atoms with van der Waals surface area (Å²) in [6.45, 7) is 2.24. The van der Waals surface area contributed by atoms with Crippen LogP contribution < -0.4 is 0 Å². The van der Waals surface area contributed by atoms with E-state index in [0.29, 0.717) is 5.92 Å². The van der Waals surface area contributed by atoms with Crippen LogP contribution in [0.15, 0.2) is 6.07 Å². The third-order valence-electron chi connectivity index (χ3n) is 3.96. The lowest BCUT2D eigenvalue weighted by Gasteiger charge is -2.26. The van der Waals surface area contributed by atoms with Crippen LogP contribution in [0.25, 0.3) is 0 Å². The summed E-state index contributed by atoms with van der Waals surface area (Å²) in [6, 6.07) is 1.74. The number of aryl methyl sites for hydroxylation is 1. The first-order valence-electron chi connectivity index (χ1n) is 6.39. The molecule has 1 aromatic heterocycles. The Bertz CT molecular complexity index is 404. The molecule has 17 heavy (non-hydrogen) atoms. The van der Waals surface area contributed by atoms with Crippen LogP contribution in [-0.4, -0.2) is 20.9 Å². The summed E-state index contributed by atoms with van der Waals surface area (Å²) in [6.07, 6.45) is 6.05. The second-order valence-electron chi connectivity index (χ2n) is 5.01. The summed E-state index contributed by atoms with van der Waals surface area (Å²) >= 11 is 0. The molecule has 1 N–H and O–H groups in total. The average molecular weight is 236 g/mol. The normalized spacial score (nSPS) is 24.8. The topological polar surface area (TPSA) is 55.1 Å². The summed E-state index contributed by atoms with van der Waals surface area (Å²) in [5, 5.41) is 13.3. The number of carbonyl (C=O) groups is 1. The molecule has 94 valence electrons. The average Bonchev–Trinajstić information content (AvgIpc) is 2.71. The fourth-order valence-corrected chi connectivity index (χ4v) is 2.76. The number of rotatable bonds is 3. The van der Waals surface area contributed by atoms with Gasteiger partial charge >= 0.3 is 5.97 Å². The molecule has 2 rings (SSSR count). The standard InChI is InChI=1S/C13H20N2O2/c1-3-9-4-6-10(7-5-9)11-8-12(13(16)17)15(2)14-11/h8-10H,3-7H2,1-2H3,(H,16,17). The lowest BCUT2D eigenvalue weighted by molar-refractivity contribution is 0.0685. The second kappa shape index (κ2) is 4.90. The van der Waals surface area contributed by atoms with E-state index in [4.69, 9.17) is 5.11 Å². The highest BCUT2D eigenvalue weighted by Crippen LogP contribution is 2.36. The first-order valence-corrected chi connectivity index (χ1v) is 6.39. The molecule has 0 aliphatic heterocycles. The number of nitrogens with zero attached hydrogens (tertiary/aromatic N) is 2. The van der Waals surface area contributed by atoms with E-state index in [9.17, 15) is 4.79 Å². The number of carboxylic acids is 1. The van der Waals surface area contributed by atoms with Gasteiger partial charge in [-0.3, -0.25) is 4.68 Å². The summed E-state index contributed by atoms with van der Waals surface area (Å²) in [5.41, 5.74) is 1.25. The van der Waals surface area contributed by atoms with Crippen LogP contribution >= 0.6 is 0 Å². The SMILES string of the molecule is CCC1CCC(c2cc(C(=O)O)n(C)n2)CC1. The smallest absolute Gasteiger partial charge is 0.354 e. The Hall–Kier alpha value is -1.32. The molecule has 1 aliphatic carbocycles. The third kappa shape index (κ3) is 2.51. The van der Waals surface area contributed by atoms with E-state index in [2.05, 4.69) is 12.0 Å². The highest BCUT2D eigenvalue weighted by molar-refractivity contribution is 5.85. The molecule has 0 bridgehead atoms. The van der Waals surface area contributed by atoms with E-state index in [1.54, 1.807) is 13.1 Å². The van der Waals surface area contributed by atoms with Gasteiger partial charge in [0.25, 0.3) is 0 Å². The van der Waals surface area contributed by atoms with E-state index in [-0.39, 0.29) is 5.69 Å². The van der Waals surface area contributed by atoms with Gasteiger partial charge in [0.1, 0.15) is 5.69 Å². The van der Waals surface area contributed by atoms with E-state index in [1.807, 2.05) is 0 Å². The minimum Gasteiger partial charge on any atom is -0.477 e. The molecular formula is C13H20N2O2. The highest BCUT2D eigenvalue weighted by atomic mass is 16.4. The molecule has 1 heterocycles. The molecule has 0 saturated heterocycles. The first kappa shape index (κ1) is 12.1. The van der Waals surface area contributed by atoms with Gasteiger partial charge in [-0.2, -0.15) is 5.10 Å². The Morgan fingerprint density at radius 3 is 2.59 bits per heavy atom. The fourth-order valence-electron chi connectivity index (χ4n) is 2.76. The van der Waals surface area contributed by atoms with Crippen molar-refractivity contribution in [1.29, 1.82) is 0 Å². The Kier molecular flexibility index (Phi) is 3.50. The van der Waals surface area contributed by atoms with Crippen LogP contribution in [-0.2, 0) is 7.05 Å². The van der Waals surface area contributed by atoms with Gasteiger partial charge in [0.15, 0.2) is 0 Å². The zero-order valence-electron chi connectivity index (χ0n) is 10.5. The monoisotopic (exact) mass is 236 g/mol. The Morgan fingerprint density at radius 1 is 1.47 bits per heavy atom. The maximum Gasteiger partial charge on any atom is 0.354 e. The molecule has 1 aliphatic rings. The van der Waals surface area contributed by atoms with Crippen molar-refractivity contribution in [1.82, 2.24) is 9.78 Å². The van der Waals surface area contributed by atoms with Crippen molar-refractivity contribution >= 4 is 5.97 Å². The van der Waals surface area contributed by atoms with Crippen molar-refractivity contribution < 1.29 is 9.90 Å². The number of hydrogen-bond donors (Lipinski definition) is 1. The number of aromatic nitrogens is 2. The van der Waals surface area contributed by atoms with Gasteiger partial charge in [-0.15, -0.1) is 0 Å². The zero-order chi connectivity index (χ0) is 12.4. The van der Waals surface area contributed by atoms with Gasteiger partial charge < -0.3 is 5.11 Å². The van der Waals surface area contributed by atoms with E-state index < -0.39 is 5.97 Å². The van der Waals surface area contributed by atoms with E-state index in [1.165, 1.54) is 23.9 Å². The Balaban J connectivity index is 2.08. The van der Waals surface area contributed by atoms with Gasteiger partial charge in [0.05, 0.1) is 5.69 Å². The maximum absolute atomic E-state index is 11.0. The molecular weight excluding hydrogens is 216 g/mol. The van der Waals surface area contributed by atoms with Crippen molar-refractivity contribution in [3.8, 4) is 0 Å². The zero-order valence-corrected chi connectivity index (χ0v) is 10.5. The van der Waals surface area contributed by atoms with Crippen molar-refractivity contribution in [3.05, 3.63) is 17.5 Å². The van der Waals surface area contributed by atoms with Crippen molar-refractivity contribution in [3.63, 3.8) is 0 Å².